The second-order valence-corrected chi connectivity index (χ2v) is 15.6. The maximum absolute atomic E-state index is 12.8. The number of phenols is 1. The molecule has 5 heterocycles. The van der Waals surface area contributed by atoms with Gasteiger partial charge in [-0.2, -0.15) is 0 Å². The fourth-order valence-corrected chi connectivity index (χ4v) is 8.39. The number of hydrogen-bond acceptors (Lipinski definition) is 10. The van der Waals surface area contributed by atoms with Crippen LogP contribution in [-0.2, 0) is 16.0 Å². The highest BCUT2D eigenvalue weighted by atomic mass is 16.5. The lowest BCUT2D eigenvalue weighted by Crippen LogP contribution is -2.58. The summed E-state index contributed by atoms with van der Waals surface area (Å²) >= 11 is 0. The Kier molecular flexibility index (Phi) is 14.2. The van der Waals surface area contributed by atoms with Gasteiger partial charge in [-0.25, -0.2) is 4.98 Å². The minimum absolute atomic E-state index is 0.183. The Balaban J connectivity index is 0.000000285. The monoisotopic (exact) mass is 778 g/mol. The van der Waals surface area contributed by atoms with Crippen molar-refractivity contribution >= 4 is 29.1 Å². The number of aryl methyl sites for hydroxylation is 1. The molecule has 3 saturated heterocycles. The molecule has 57 heavy (non-hydrogen) atoms. The molecule has 0 bridgehead atoms. The molecule has 1 atom stereocenters. The van der Waals surface area contributed by atoms with Crippen molar-refractivity contribution < 1.29 is 29.0 Å². The fourth-order valence-electron chi connectivity index (χ4n) is 8.39. The van der Waals surface area contributed by atoms with Crippen LogP contribution < -0.4 is 29.9 Å². The van der Waals surface area contributed by atoms with E-state index in [2.05, 4.69) is 67.2 Å². The van der Waals surface area contributed by atoms with Crippen molar-refractivity contribution in [1.82, 2.24) is 20.5 Å². The highest BCUT2D eigenvalue weighted by molar-refractivity contribution is 6.03. The molecule has 1 saturated carbocycles. The number of carbonyl (C=O) groups is 3. The lowest BCUT2D eigenvalue weighted by molar-refractivity contribution is -0.134. The van der Waals surface area contributed by atoms with Crippen LogP contribution in [0.5, 0.6) is 17.2 Å². The van der Waals surface area contributed by atoms with Gasteiger partial charge < -0.3 is 29.7 Å². The second kappa shape index (κ2) is 19.7. The molecule has 5 aliphatic rings. The van der Waals surface area contributed by atoms with Gasteiger partial charge in [0.25, 0.3) is 5.91 Å². The number of para-hydroxylation sites is 1. The Morgan fingerprint density at radius 3 is 2.46 bits per heavy atom. The highest BCUT2D eigenvalue weighted by Crippen LogP contribution is 2.47. The number of aromatic hydroxyl groups is 1. The van der Waals surface area contributed by atoms with Gasteiger partial charge in [0.05, 0.1) is 25.6 Å². The van der Waals surface area contributed by atoms with Crippen LogP contribution in [0.2, 0.25) is 0 Å². The number of hydrogen-bond donors (Lipinski definition) is 3. The van der Waals surface area contributed by atoms with Crippen molar-refractivity contribution in [2.45, 2.75) is 64.3 Å². The standard InChI is InChI=1S/C31H40N6O4.C9H10O2.C5H8/c1-41-27-17-25(30(40)33-24-7-8-28(38)34-29(24)39)32-18-26(27)36-15-13-35(14-16-36)19-22-9-11-31(12-10-22)20-37(21-31)23-5-3-2-4-6-23;10-8-4-3-7-2-1-5-11-9(7)6-8;1-3-5-4-2/h2-6,17-18,22,24H,7-16,19-21H2,1H3,(H,33,40)(H,34,38,39);3-4,6,10H,1-2,5H2;3-5H,1H2,2H3/b;;5-4-. The van der Waals surface area contributed by atoms with E-state index in [4.69, 9.17) is 14.6 Å². The molecule has 1 spiro atoms. The first-order valence-corrected chi connectivity index (χ1v) is 20.3. The Morgan fingerprint density at radius 1 is 1.04 bits per heavy atom. The molecule has 0 radical (unpaired) electrons. The van der Waals surface area contributed by atoms with Gasteiger partial charge >= 0.3 is 0 Å². The third-order valence-electron chi connectivity index (χ3n) is 11.6. The summed E-state index contributed by atoms with van der Waals surface area (Å²) in [5, 5.41) is 14.0. The third-order valence-corrected chi connectivity index (χ3v) is 11.6. The van der Waals surface area contributed by atoms with E-state index in [1.807, 2.05) is 25.1 Å². The lowest BCUT2D eigenvalue weighted by atomic mass is 9.65. The van der Waals surface area contributed by atoms with Gasteiger partial charge in [-0.15, -0.1) is 0 Å². The minimum atomic E-state index is -0.742. The van der Waals surface area contributed by atoms with Crippen LogP contribution in [0.25, 0.3) is 0 Å². The van der Waals surface area contributed by atoms with Gasteiger partial charge in [-0.05, 0) is 81.5 Å². The topological polar surface area (TPSA) is 137 Å². The van der Waals surface area contributed by atoms with Gasteiger partial charge in [0.1, 0.15) is 29.0 Å². The summed E-state index contributed by atoms with van der Waals surface area (Å²) in [4.78, 5) is 47.9. The summed E-state index contributed by atoms with van der Waals surface area (Å²) in [6.07, 6.45) is 15.2. The summed E-state index contributed by atoms with van der Waals surface area (Å²) in [7, 11) is 1.59. The molecule has 8 rings (SSSR count). The summed E-state index contributed by atoms with van der Waals surface area (Å²) < 4.78 is 11.0. The number of nitrogens with zero attached hydrogens (tertiary/aromatic N) is 4. The number of piperidine rings is 1. The number of ether oxygens (including phenoxy) is 2. The number of benzene rings is 2. The SMILES string of the molecule is C=C/C=C\C.COc1cc(C(=O)NC2CCC(=O)NC2=O)ncc1N1CCN(CC2CCC3(CC2)CN(c2ccccc2)C3)CC1.Oc1ccc2c(c1)OCCC2. The highest BCUT2D eigenvalue weighted by Gasteiger charge is 2.45. The lowest BCUT2D eigenvalue weighted by Gasteiger charge is -2.55. The number of amides is 3. The van der Waals surface area contributed by atoms with Crippen LogP contribution in [0, 0.1) is 11.3 Å². The zero-order valence-corrected chi connectivity index (χ0v) is 33.5. The van der Waals surface area contributed by atoms with Crippen LogP contribution in [0.15, 0.2) is 85.6 Å². The predicted octanol–water partition coefficient (Wildman–Crippen LogP) is 5.91. The number of nitrogens with one attached hydrogen (secondary N) is 2. The number of methoxy groups -OCH3 is 1. The van der Waals surface area contributed by atoms with Crippen LogP contribution in [0.4, 0.5) is 11.4 Å². The number of aromatic nitrogens is 1. The summed E-state index contributed by atoms with van der Waals surface area (Å²) in [6.45, 7) is 13.5. The molecule has 12 heteroatoms. The van der Waals surface area contributed by atoms with Crippen LogP contribution >= 0.6 is 0 Å². The molecule has 12 nitrogen and oxygen atoms in total. The van der Waals surface area contributed by atoms with Crippen molar-refractivity contribution in [3.8, 4) is 17.2 Å². The van der Waals surface area contributed by atoms with E-state index in [1.165, 1.54) is 56.6 Å². The van der Waals surface area contributed by atoms with Crippen LogP contribution in [0.1, 0.15) is 67.9 Å². The van der Waals surface area contributed by atoms with E-state index in [0.29, 0.717) is 11.2 Å². The Bertz CT molecular complexity index is 1860. The Morgan fingerprint density at radius 2 is 1.79 bits per heavy atom. The fraction of sp³-hybridized carbons (Fsp3) is 0.467. The number of anilines is 2. The van der Waals surface area contributed by atoms with E-state index < -0.39 is 17.9 Å². The summed E-state index contributed by atoms with van der Waals surface area (Å²) in [5.74, 6) is 1.23. The van der Waals surface area contributed by atoms with Gasteiger partial charge in [0.2, 0.25) is 11.8 Å². The number of rotatable bonds is 8. The first-order valence-electron chi connectivity index (χ1n) is 20.3. The second-order valence-electron chi connectivity index (χ2n) is 15.6. The average Bonchev–Trinajstić information content (AvgIpc) is 3.22. The largest absolute Gasteiger partial charge is 0.508 e. The first kappa shape index (κ1) is 41.3. The van der Waals surface area contributed by atoms with E-state index in [0.717, 1.165) is 63.0 Å². The maximum atomic E-state index is 12.8. The Labute approximate surface area is 336 Å². The van der Waals surface area contributed by atoms with E-state index in [-0.39, 0.29) is 30.2 Å². The van der Waals surface area contributed by atoms with Crippen molar-refractivity contribution in [2.75, 3.05) is 69.3 Å². The number of piperazine rings is 1. The van der Waals surface area contributed by atoms with E-state index in [9.17, 15) is 14.4 Å². The molecule has 3 N–H and O–H groups in total. The van der Waals surface area contributed by atoms with Gasteiger partial charge in [0, 0.05) is 75.5 Å². The van der Waals surface area contributed by atoms with Crippen LogP contribution in [0.3, 0.4) is 0 Å². The van der Waals surface area contributed by atoms with E-state index in [1.54, 1.807) is 37.6 Å². The number of fused-ring (bicyclic) bond motifs is 1. The van der Waals surface area contributed by atoms with Gasteiger partial charge in [-0.1, -0.05) is 49.1 Å². The molecule has 4 fully saturated rings. The van der Waals surface area contributed by atoms with Crippen molar-refractivity contribution in [2.24, 2.45) is 11.3 Å². The molecule has 1 unspecified atom stereocenters. The molecule has 1 aliphatic carbocycles. The average molecular weight is 779 g/mol. The number of pyridine rings is 1. The zero-order chi connectivity index (χ0) is 40.2. The normalized spacial score (nSPS) is 20.4. The number of carbonyl (C=O) groups excluding carboxylic acids is 3. The Hall–Kier alpha value is -5.36. The summed E-state index contributed by atoms with van der Waals surface area (Å²) in [6, 6.07) is 17.0. The van der Waals surface area contributed by atoms with Gasteiger partial charge in [-0.3, -0.25) is 24.6 Å². The maximum Gasteiger partial charge on any atom is 0.270 e. The first-order chi connectivity index (χ1) is 27.7. The van der Waals surface area contributed by atoms with Crippen molar-refractivity contribution in [3.05, 3.63) is 96.9 Å². The minimum Gasteiger partial charge on any atom is -0.508 e. The molecule has 304 valence electrons. The van der Waals surface area contributed by atoms with Crippen molar-refractivity contribution in [3.63, 3.8) is 0 Å². The molecule has 3 amide bonds. The third kappa shape index (κ3) is 10.9. The number of imide groups is 1. The molecule has 1 aromatic heterocycles. The van der Waals surface area contributed by atoms with Crippen LogP contribution in [-0.4, -0.2) is 98.3 Å². The number of allylic oxidation sites excluding steroid dienone is 3. The molecular weight excluding hydrogens is 721 g/mol. The summed E-state index contributed by atoms with van der Waals surface area (Å²) in [5.41, 5.74) is 4.14. The van der Waals surface area contributed by atoms with Gasteiger partial charge in [0.15, 0.2) is 0 Å². The molecule has 3 aromatic rings. The smallest absolute Gasteiger partial charge is 0.270 e. The van der Waals surface area contributed by atoms with Crippen molar-refractivity contribution in [1.29, 1.82) is 0 Å². The predicted molar refractivity (Wildman–Crippen MR) is 223 cm³/mol. The quantitative estimate of drug-likeness (QED) is 0.187. The zero-order valence-electron chi connectivity index (χ0n) is 33.5. The number of phenolic OH excluding ortho intramolecular Hbond substituents is 1. The molecular formula is C45H58N6O6. The van der Waals surface area contributed by atoms with E-state index >= 15 is 0 Å². The molecule has 4 aliphatic heterocycles. The molecule has 2 aromatic carbocycles.